The highest BCUT2D eigenvalue weighted by atomic mass is 35.5. The Morgan fingerprint density at radius 2 is 2.00 bits per heavy atom. The Morgan fingerprint density at radius 3 is 2.70 bits per heavy atom. The topological polar surface area (TPSA) is 61.0 Å². The molecule has 0 spiro atoms. The molecule has 5 heteroatoms. The number of nitrogen functional groups attached to an aromatic ring is 1. The van der Waals surface area contributed by atoms with Crippen LogP contribution in [0.4, 0.5) is 5.82 Å². The van der Waals surface area contributed by atoms with Gasteiger partial charge in [-0.3, -0.25) is 0 Å². The molecule has 0 amide bonds. The fourth-order valence-electron chi connectivity index (χ4n) is 1.89. The summed E-state index contributed by atoms with van der Waals surface area (Å²) in [6, 6.07) is 7.19. The molecule has 20 heavy (non-hydrogen) atoms. The van der Waals surface area contributed by atoms with E-state index in [1.54, 1.807) is 6.07 Å². The maximum Gasteiger partial charge on any atom is 0.224 e. The van der Waals surface area contributed by atoms with Gasteiger partial charge in [-0.2, -0.15) is 4.98 Å². The normalized spacial score (nSPS) is 10.6. The highest BCUT2D eigenvalue weighted by Crippen LogP contribution is 2.26. The van der Waals surface area contributed by atoms with Gasteiger partial charge in [0, 0.05) is 17.5 Å². The van der Waals surface area contributed by atoms with E-state index in [1.807, 2.05) is 25.1 Å². The fourth-order valence-corrected chi connectivity index (χ4v) is 2.14. The third-order valence-electron chi connectivity index (χ3n) is 2.86. The Bertz CT molecular complexity index is 602. The molecule has 2 aromatic rings. The van der Waals surface area contributed by atoms with Crippen LogP contribution in [0.2, 0.25) is 5.02 Å². The van der Waals surface area contributed by atoms with E-state index in [9.17, 15) is 0 Å². The first-order valence-electron chi connectivity index (χ1n) is 6.72. The quantitative estimate of drug-likeness (QED) is 0.904. The molecule has 0 bridgehead atoms. The van der Waals surface area contributed by atoms with Crippen LogP contribution in [0.1, 0.15) is 31.7 Å². The summed E-state index contributed by atoms with van der Waals surface area (Å²) in [5.74, 6) is 2.28. The van der Waals surface area contributed by atoms with Crippen LogP contribution in [0.15, 0.2) is 24.3 Å². The third kappa shape index (κ3) is 3.61. The molecular formula is C15H18ClN3O. The molecule has 0 unspecified atom stereocenters. The lowest BCUT2D eigenvalue weighted by molar-refractivity contribution is 0.458. The Hall–Kier alpha value is -1.81. The third-order valence-corrected chi connectivity index (χ3v) is 3.23. The summed E-state index contributed by atoms with van der Waals surface area (Å²) in [4.78, 5) is 8.53. The number of nitrogens with two attached hydrogens (primary N) is 1. The predicted molar refractivity (Wildman–Crippen MR) is 81.3 cm³/mol. The minimum Gasteiger partial charge on any atom is -0.439 e. The molecule has 0 fully saturated rings. The van der Waals surface area contributed by atoms with Crippen molar-refractivity contribution in [1.82, 2.24) is 9.97 Å². The molecule has 1 aromatic carbocycles. The maximum absolute atomic E-state index is 6.09. The number of hydrogen-bond donors (Lipinski definition) is 1. The van der Waals surface area contributed by atoms with Gasteiger partial charge in [0.2, 0.25) is 5.88 Å². The van der Waals surface area contributed by atoms with Crippen LogP contribution in [0, 0.1) is 0 Å². The van der Waals surface area contributed by atoms with Crippen molar-refractivity contribution in [3.05, 3.63) is 40.7 Å². The zero-order valence-electron chi connectivity index (χ0n) is 11.7. The Labute approximate surface area is 124 Å². The van der Waals surface area contributed by atoms with Gasteiger partial charge in [0.25, 0.3) is 0 Å². The largest absolute Gasteiger partial charge is 0.439 e. The summed E-state index contributed by atoms with van der Waals surface area (Å²) in [5.41, 5.74) is 6.81. The average molecular weight is 292 g/mol. The van der Waals surface area contributed by atoms with Crippen LogP contribution in [0.25, 0.3) is 0 Å². The lowest BCUT2D eigenvalue weighted by Gasteiger charge is -2.09. The smallest absolute Gasteiger partial charge is 0.224 e. The van der Waals surface area contributed by atoms with Gasteiger partial charge in [0.15, 0.2) is 0 Å². The first-order chi connectivity index (χ1) is 9.62. The van der Waals surface area contributed by atoms with Crippen LogP contribution in [0.3, 0.4) is 0 Å². The van der Waals surface area contributed by atoms with Crippen LogP contribution < -0.4 is 10.5 Å². The number of hydrogen-bond acceptors (Lipinski definition) is 4. The Kier molecular flexibility index (Phi) is 4.79. The first kappa shape index (κ1) is 14.6. The van der Waals surface area contributed by atoms with Gasteiger partial charge < -0.3 is 10.5 Å². The molecule has 0 aliphatic heterocycles. The molecule has 0 saturated heterocycles. The van der Waals surface area contributed by atoms with E-state index in [-0.39, 0.29) is 0 Å². The lowest BCUT2D eigenvalue weighted by Crippen LogP contribution is -2.01. The van der Waals surface area contributed by atoms with E-state index in [1.165, 1.54) is 0 Å². The number of aromatic nitrogens is 2. The molecule has 1 aromatic heterocycles. The second-order valence-corrected chi connectivity index (χ2v) is 4.91. The van der Waals surface area contributed by atoms with E-state index >= 15 is 0 Å². The van der Waals surface area contributed by atoms with Crippen LogP contribution in [-0.2, 0) is 12.8 Å². The predicted octanol–water partition coefficient (Wildman–Crippen LogP) is 4.02. The van der Waals surface area contributed by atoms with Gasteiger partial charge in [-0.25, -0.2) is 4.98 Å². The highest BCUT2D eigenvalue weighted by Gasteiger charge is 2.06. The summed E-state index contributed by atoms with van der Waals surface area (Å²) in [6.07, 6.45) is 2.59. The monoisotopic (exact) mass is 291 g/mol. The molecular weight excluding hydrogens is 274 g/mol. The fraction of sp³-hybridized carbons (Fsp3) is 0.333. The zero-order valence-corrected chi connectivity index (χ0v) is 12.4. The molecule has 106 valence electrons. The summed E-state index contributed by atoms with van der Waals surface area (Å²) < 4.78 is 5.75. The Balaban J connectivity index is 2.25. The van der Waals surface area contributed by atoms with E-state index in [0.29, 0.717) is 23.3 Å². The van der Waals surface area contributed by atoms with E-state index < -0.39 is 0 Å². The number of benzene rings is 1. The van der Waals surface area contributed by atoms with E-state index in [0.717, 1.165) is 29.8 Å². The van der Waals surface area contributed by atoms with Crippen LogP contribution in [-0.4, -0.2) is 9.97 Å². The standard InChI is InChI=1S/C15H18ClN3O/c1-3-5-14-18-13(17)9-15(19-14)20-11-6-7-12(16)10(4-2)8-11/h6-9H,3-5H2,1-2H3,(H2,17,18,19). The number of aryl methyl sites for hydroxylation is 2. The number of nitrogens with zero attached hydrogens (tertiary/aromatic N) is 2. The molecule has 0 aliphatic rings. The molecule has 0 saturated carbocycles. The second kappa shape index (κ2) is 6.57. The van der Waals surface area contributed by atoms with Crippen molar-refractivity contribution in [2.24, 2.45) is 0 Å². The molecule has 0 radical (unpaired) electrons. The molecule has 1 heterocycles. The van der Waals surface area contributed by atoms with Gasteiger partial charge in [0.05, 0.1) is 0 Å². The van der Waals surface area contributed by atoms with Gasteiger partial charge in [-0.1, -0.05) is 25.4 Å². The summed E-state index contributed by atoms with van der Waals surface area (Å²) in [7, 11) is 0. The van der Waals surface area contributed by atoms with Crippen molar-refractivity contribution < 1.29 is 4.74 Å². The molecule has 0 aliphatic carbocycles. The van der Waals surface area contributed by atoms with Gasteiger partial charge in [-0.15, -0.1) is 0 Å². The van der Waals surface area contributed by atoms with Crippen molar-refractivity contribution in [1.29, 1.82) is 0 Å². The van der Waals surface area contributed by atoms with Crippen molar-refractivity contribution in [3.63, 3.8) is 0 Å². The van der Waals surface area contributed by atoms with Gasteiger partial charge >= 0.3 is 0 Å². The first-order valence-corrected chi connectivity index (χ1v) is 7.10. The highest BCUT2D eigenvalue weighted by molar-refractivity contribution is 6.31. The molecule has 2 N–H and O–H groups in total. The number of halogens is 1. The summed E-state index contributed by atoms with van der Waals surface area (Å²) >= 11 is 6.09. The van der Waals surface area contributed by atoms with E-state index in [4.69, 9.17) is 22.1 Å². The van der Waals surface area contributed by atoms with Gasteiger partial charge in [-0.05, 0) is 36.6 Å². The zero-order chi connectivity index (χ0) is 14.5. The molecule has 4 nitrogen and oxygen atoms in total. The molecule has 0 atom stereocenters. The minimum atomic E-state index is 0.420. The van der Waals surface area contributed by atoms with Crippen LogP contribution >= 0.6 is 11.6 Å². The SMILES string of the molecule is CCCc1nc(N)cc(Oc2ccc(Cl)c(CC)c2)n1. The number of anilines is 1. The van der Waals surface area contributed by atoms with Crippen molar-refractivity contribution in [3.8, 4) is 11.6 Å². The summed E-state index contributed by atoms with van der Waals surface area (Å²) in [5, 5.41) is 0.744. The Morgan fingerprint density at radius 1 is 1.20 bits per heavy atom. The van der Waals surface area contributed by atoms with Crippen LogP contribution in [0.5, 0.6) is 11.6 Å². The minimum absolute atomic E-state index is 0.420. The lowest BCUT2D eigenvalue weighted by atomic mass is 10.1. The maximum atomic E-state index is 6.09. The van der Waals surface area contributed by atoms with Crippen molar-refractivity contribution >= 4 is 17.4 Å². The van der Waals surface area contributed by atoms with Crippen molar-refractivity contribution in [2.45, 2.75) is 33.1 Å². The van der Waals surface area contributed by atoms with Crippen molar-refractivity contribution in [2.75, 3.05) is 5.73 Å². The summed E-state index contributed by atoms with van der Waals surface area (Å²) in [6.45, 7) is 4.12. The number of ether oxygens (including phenoxy) is 1. The number of rotatable bonds is 5. The average Bonchev–Trinajstić information content (AvgIpc) is 2.40. The van der Waals surface area contributed by atoms with E-state index in [2.05, 4.69) is 16.9 Å². The molecule has 2 rings (SSSR count). The van der Waals surface area contributed by atoms with Gasteiger partial charge in [0.1, 0.15) is 17.4 Å². The second-order valence-electron chi connectivity index (χ2n) is 4.51.